The smallest absolute Gasteiger partial charge is 0.333 e. The number of aryl methyl sites for hydroxylation is 1. The summed E-state index contributed by atoms with van der Waals surface area (Å²) >= 11 is 1.48. The molecule has 0 saturated carbocycles. The number of alkyl halides is 1. The first kappa shape index (κ1) is 37.6. The molecule has 0 aliphatic rings. The van der Waals surface area contributed by atoms with E-state index in [9.17, 15) is 23.2 Å². The molecule has 2 aromatic heterocycles. The second kappa shape index (κ2) is 18.0. The van der Waals surface area contributed by atoms with Gasteiger partial charge in [0.25, 0.3) is 0 Å². The standard InChI is InChI=1S/C38H42F2N6O3S/c1-5-6-9-26(2)27(3)44(4)22-31-20-33(50-36(31)29-13-15-32(16-14-29)43-37(41)48)24-45(23-30-10-7-8-11-34(30)40)38(49)46(25-47)35-17-12-28(18-19-39)21-42-35/h5-17,20-21,25,27H,18-19,22-24H2,1-4H3,(H3,41,43,48)/b6-5-,26-9+/t27-/m1/s1. The fraction of sp³-hybridized carbons (Fsp3) is 0.263. The third kappa shape index (κ3) is 9.93. The van der Waals surface area contributed by atoms with Crippen molar-refractivity contribution in [3.63, 3.8) is 0 Å². The van der Waals surface area contributed by atoms with Crippen LogP contribution in [0.5, 0.6) is 0 Å². The van der Waals surface area contributed by atoms with Gasteiger partial charge in [0.15, 0.2) is 0 Å². The van der Waals surface area contributed by atoms with Crippen LogP contribution in [0.1, 0.15) is 42.3 Å². The maximum absolute atomic E-state index is 14.9. The number of rotatable bonds is 15. The number of aromatic nitrogens is 1. The van der Waals surface area contributed by atoms with E-state index in [1.54, 1.807) is 36.4 Å². The number of imide groups is 1. The summed E-state index contributed by atoms with van der Waals surface area (Å²) in [5.74, 6) is -0.411. The molecule has 5 amide bonds. The topological polar surface area (TPSA) is 112 Å². The number of benzene rings is 2. The Morgan fingerprint density at radius 2 is 1.78 bits per heavy atom. The predicted octanol–water partition coefficient (Wildman–Crippen LogP) is 8.08. The fourth-order valence-corrected chi connectivity index (χ4v) is 6.48. The number of nitrogens with two attached hydrogens (primary N) is 1. The number of thiophene rings is 1. The molecule has 12 heteroatoms. The van der Waals surface area contributed by atoms with E-state index in [1.165, 1.54) is 40.1 Å². The van der Waals surface area contributed by atoms with E-state index in [0.29, 0.717) is 24.2 Å². The van der Waals surface area contributed by atoms with Gasteiger partial charge in [0.1, 0.15) is 11.6 Å². The van der Waals surface area contributed by atoms with E-state index in [1.807, 2.05) is 44.3 Å². The Morgan fingerprint density at radius 3 is 2.40 bits per heavy atom. The van der Waals surface area contributed by atoms with Crippen LogP contribution in [0.15, 0.2) is 96.7 Å². The van der Waals surface area contributed by atoms with Crippen molar-refractivity contribution in [2.24, 2.45) is 5.73 Å². The van der Waals surface area contributed by atoms with Crippen LogP contribution < -0.4 is 16.0 Å². The molecule has 0 radical (unpaired) electrons. The van der Waals surface area contributed by atoms with Crippen molar-refractivity contribution in [2.45, 2.75) is 52.9 Å². The molecule has 262 valence electrons. The van der Waals surface area contributed by atoms with E-state index in [0.717, 1.165) is 25.8 Å². The molecule has 4 rings (SSSR count). The Balaban J connectivity index is 1.73. The molecule has 0 aliphatic carbocycles. The molecule has 0 spiro atoms. The summed E-state index contributed by atoms with van der Waals surface area (Å²) in [6.45, 7) is 6.15. The lowest BCUT2D eigenvalue weighted by molar-refractivity contribution is -0.107. The van der Waals surface area contributed by atoms with Gasteiger partial charge in [0, 0.05) is 46.2 Å². The number of amides is 5. The van der Waals surface area contributed by atoms with Crippen LogP contribution in [0.25, 0.3) is 10.4 Å². The quantitative estimate of drug-likeness (QED) is 0.0963. The molecular weight excluding hydrogens is 659 g/mol. The number of primary amides is 1. The monoisotopic (exact) mass is 700 g/mol. The van der Waals surface area contributed by atoms with E-state index in [2.05, 4.69) is 35.1 Å². The number of carbonyl (C=O) groups excluding carboxylic acids is 3. The van der Waals surface area contributed by atoms with Gasteiger partial charge in [-0.3, -0.25) is 14.1 Å². The number of urea groups is 2. The van der Waals surface area contributed by atoms with Gasteiger partial charge in [0.05, 0.1) is 19.8 Å². The van der Waals surface area contributed by atoms with Crippen LogP contribution in [0.4, 0.5) is 29.9 Å². The Kier molecular flexibility index (Phi) is 13.5. The van der Waals surface area contributed by atoms with Gasteiger partial charge in [-0.05, 0) is 74.8 Å². The Bertz CT molecular complexity index is 1820. The average molecular weight is 701 g/mol. The van der Waals surface area contributed by atoms with Gasteiger partial charge in [-0.2, -0.15) is 0 Å². The van der Waals surface area contributed by atoms with Gasteiger partial charge < -0.3 is 16.0 Å². The van der Waals surface area contributed by atoms with Gasteiger partial charge in [-0.15, -0.1) is 11.3 Å². The summed E-state index contributed by atoms with van der Waals surface area (Å²) in [4.78, 5) is 48.3. The molecule has 4 aromatic rings. The minimum absolute atomic E-state index is 0.0654. The highest BCUT2D eigenvalue weighted by atomic mass is 32.1. The maximum atomic E-state index is 14.9. The minimum atomic E-state index is -0.692. The van der Waals surface area contributed by atoms with Crippen LogP contribution in [-0.4, -0.2) is 53.0 Å². The van der Waals surface area contributed by atoms with E-state index in [-0.39, 0.29) is 36.9 Å². The Hall–Kier alpha value is -5.20. The zero-order valence-corrected chi connectivity index (χ0v) is 29.4. The molecule has 2 heterocycles. The van der Waals surface area contributed by atoms with Crippen molar-refractivity contribution in [1.82, 2.24) is 14.8 Å². The predicted molar refractivity (Wildman–Crippen MR) is 196 cm³/mol. The number of anilines is 2. The molecule has 3 N–H and O–H groups in total. The SMILES string of the molecule is C/C=C\C=C(/C)[C@@H](C)N(C)Cc1cc(CN(Cc2ccccc2F)C(=O)N(C=O)c2ccc(CCF)cn2)sc1-c1ccc(NC(N)=O)cc1. The third-order valence-electron chi connectivity index (χ3n) is 8.25. The second-order valence-corrected chi connectivity index (χ2v) is 13.0. The highest BCUT2D eigenvalue weighted by Gasteiger charge is 2.26. The molecule has 0 fully saturated rings. The number of allylic oxidation sites excluding steroid dienone is 3. The van der Waals surface area contributed by atoms with Crippen LogP contribution in [0, 0.1) is 5.82 Å². The van der Waals surface area contributed by atoms with Gasteiger partial charge >= 0.3 is 12.1 Å². The molecule has 9 nitrogen and oxygen atoms in total. The van der Waals surface area contributed by atoms with Crippen molar-refractivity contribution in [2.75, 3.05) is 23.9 Å². The minimum Gasteiger partial charge on any atom is -0.351 e. The van der Waals surface area contributed by atoms with E-state index in [4.69, 9.17) is 5.73 Å². The molecule has 1 atom stereocenters. The number of likely N-dealkylation sites (N-methyl/N-ethyl adjacent to an activating group) is 1. The third-order valence-corrected chi connectivity index (χ3v) is 9.46. The number of hydrogen-bond donors (Lipinski definition) is 2. The normalized spacial score (nSPS) is 12.3. The molecule has 2 aromatic carbocycles. The lowest BCUT2D eigenvalue weighted by Crippen LogP contribution is -2.42. The van der Waals surface area contributed by atoms with Crippen LogP contribution in [-0.2, 0) is 30.8 Å². The summed E-state index contributed by atoms with van der Waals surface area (Å²) in [6.07, 6.45) is 8.03. The first-order valence-corrected chi connectivity index (χ1v) is 16.9. The molecule has 50 heavy (non-hydrogen) atoms. The zero-order chi connectivity index (χ0) is 36.2. The fourth-order valence-electron chi connectivity index (χ4n) is 5.29. The summed E-state index contributed by atoms with van der Waals surface area (Å²) < 4.78 is 27.8. The van der Waals surface area contributed by atoms with Crippen molar-refractivity contribution in [1.29, 1.82) is 0 Å². The molecule has 0 unspecified atom stereocenters. The number of nitrogens with zero attached hydrogens (tertiary/aromatic N) is 4. The molecule has 0 saturated heterocycles. The number of pyridine rings is 1. The zero-order valence-electron chi connectivity index (χ0n) is 28.6. The highest BCUT2D eigenvalue weighted by Crippen LogP contribution is 2.36. The van der Waals surface area contributed by atoms with Gasteiger partial charge in [-0.1, -0.05) is 60.2 Å². The van der Waals surface area contributed by atoms with Crippen molar-refractivity contribution in [3.8, 4) is 10.4 Å². The summed E-state index contributed by atoms with van der Waals surface area (Å²) in [5.41, 5.74) is 9.85. The summed E-state index contributed by atoms with van der Waals surface area (Å²) in [7, 11) is 2.04. The lowest BCUT2D eigenvalue weighted by atomic mass is 10.1. The molecule has 0 aliphatic heterocycles. The Labute approximate surface area is 295 Å². The van der Waals surface area contributed by atoms with Gasteiger partial charge in [0.2, 0.25) is 6.41 Å². The largest absolute Gasteiger partial charge is 0.351 e. The number of halogens is 2. The van der Waals surface area contributed by atoms with Crippen LogP contribution >= 0.6 is 11.3 Å². The number of hydrogen-bond acceptors (Lipinski definition) is 6. The highest BCUT2D eigenvalue weighted by molar-refractivity contribution is 7.15. The van der Waals surface area contributed by atoms with Crippen molar-refractivity contribution >= 4 is 41.3 Å². The van der Waals surface area contributed by atoms with Crippen LogP contribution in [0.3, 0.4) is 0 Å². The summed E-state index contributed by atoms with van der Waals surface area (Å²) in [5, 5.41) is 2.58. The maximum Gasteiger partial charge on any atom is 0.333 e. The Morgan fingerprint density at radius 1 is 1.04 bits per heavy atom. The lowest BCUT2D eigenvalue weighted by Gasteiger charge is -2.27. The number of carbonyl (C=O) groups is 3. The van der Waals surface area contributed by atoms with Crippen molar-refractivity contribution < 1.29 is 23.2 Å². The van der Waals surface area contributed by atoms with Crippen LogP contribution in [0.2, 0.25) is 0 Å². The molecular formula is C38H42F2N6O3S. The van der Waals surface area contributed by atoms with E-state index >= 15 is 0 Å². The number of nitrogens with one attached hydrogen (secondary N) is 1. The molecule has 0 bridgehead atoms. The van der Waals surface area contributed by atoms with Crippen molar-refractivity contribution in [3.05, 3.63) is 124 Å². The second-order valence-electron chi connectivity index (χ2n) is 11.8. The van der Waals surface area contributed by atoms with Gasteiger partial charge in [-0.25, -0.2) is 23.9 Å². The first-order chi connectivity index (χ1) is 24.0. The van der Waals surface area contributed by atoms with E-state index < -0.39 is 24.6 Å². The first-order valence-electron chi connectivity index (χ1n) is 16.1. The average Bonchev–Trinajstić information content (AvgIpc) is 3.50. The summed E-state index contributed by atoms with van der Waals surface area (Å²) in [6, 6.07) is 17.4.